The van der Waals surface area contributed by atoms with Crippen LogP contribution in [-0.2, 0) is 16.2 Å². The number of carbonyl (C=O) groups excluding carboxylic acids is 2. The Kier molecular flexibility index (Phi) is 6.06. The first-order chi connectivity index (χ1) is 16.0. The van der Waals surface area contributed by atoms with Crippen molar-refractivity contribution in [3.8, 4) is 11.5 Å². The molecule has 33 heavy (non-hydrogen) atoms. The molecule has 2 aromatic rings. The molecular weight excluding hydrogens is 484 g/mol. The van der Waals surface area contributed by atoms with Gasteiger partial charge in [-0.25, -0.2) is 0 Å². The number of halogens is 1. The van der Waals surface area contributed by atoms with Crippen LogP contribution in [0.15, 0.2) is 64.2 Å². The summed E-state index contributed by atoms with van der Waals surface area (Å²) in [7, 11) is 0. The predicted molar refractivity (Wildman–Crippen MR) is 128 cm³/mol. The van der Waals surface area contributed by atoms with E-state index in [2.05, 4.69) is 33.2 Å². The molecule has 4 aliphatic rings. The fourth-order valence-corrected chi connectivity index (χ4v) is 5.30. The number of fused-ring (bicyclic) bond motifs is 1. The fraction of sp³-hybridized carbons (Fsp3) is 0.346. The molecule has 1 saturated heterocycles. The highest BCUT2D eigenvalue weighted by Gasteiger charge is 2.56. The van der Waals surface area contributed by atoms with E-state index < -0.39 is 0 Å². The van der Waals surface area contributed by atoms with Gasteiger partial charge in [-0.15, -0.1) is 0 Å². The van der Waals surface area contributed by atoms with E-state index >= 15 is 0 Å². The van der Waals surface area contributed by atoms with Crippen LogP contribution in [0.4, 0.5) is 0 Å². The van der Waals surface area contributed by atoms with Crippen LogP contribution in [0, 0.1) is 23.7 Å². The second-order valence-electron chi connectivity index (χ2n) is 8.63. The van der Waals surface area contributed by atoms with Crippen molar-refractivity contribution in [2.45, 2.75) is 26.4 Å². The standard InChI is InChI=1S/C26H25BrN2O4/c1-2-32-22-13-17(5-12-21(22)33-15-16-3-10-20(27)11-4-16)14-28-29-25(30)23-18-6-7-19(9-8-18)24(23)26(29)31/h3-7,10-14,18-19,23-24H,2,8-9,15H2,1H3/b28-14-/t18-,19-,23+,24+/m0/s1. The van der Waals surface area contributed by atoms with Crippen molar-refractivity contribution in [2.24, 2.45) is 28.8 Å². The Morgan fingerprint density at radius 3 is 2.24 bits per heavy atom. The summed E-state index contributed by atoms with van der Waals surface area (Å²) in [6, 6.07) is 13.4. The minimum atomic E-state index is -0.258. The lowest BCUT2D eigenvalue weighted by Crippen LogP contribution is -2.38. The van der Waals surface area contributed by atoms with Crippen LogP contribution >= 0.6 is 15.9 Å². The summed E-state index contributed by atoms with van der Waals surface area (Å²) in [6.45, 7) is 2.80. The quantitative estimate of drug-likeness (QED) is 0.301. The van der Waals surface area contributed by atoms with Crippen molar-refractivity contribution in [3.05, 3.63) is 70.2 Å². The highest BCUT2D eigenvalue weighted by atomic mass is 79.9. The van der Waals surface area contributed by atoms with Gasteiger partial charge in [-0.3, -0.25) is 9.59 Å². The Bertz CT molecular complexity index is 1100. The molecule has 2 fully saturated rings. The Hall–Kier alpha value is -2.93. The maximum Gasteiger partial charge on any atom is 0.254 e. The molecule has 2 bridgehead atoms. The maximum absolute atomic E-state index is 12.9. The molecule has 1 heterocycles. The van der Waals surface area contributed by atoms with Gasteiger partial charge in [0, 0.05) is 4.47 Å². The summed E-state index contributed by atoms with van der Waals surface area (Å²) in [5.41, 5.74) is 1.77. The Balaban J connectivity index is 1.31. The zero-order chi connectivity index (χ0) is 22.9. The zero-order valence-corrected chi connectivity index (χ0v) is 19.9. The molecule has 7 heteroatoms. The summed E-state index contributed by atoms with van der Waals surface area (Å²) in [5, 5.41) is 5.37. The van der Waals surface area contributed by atoms with Gasteiger partial charge in [0.25, 0.3) is 11.8 Å². The largest absolute Gasteiger partial charge is 0.490 e. The number of amides is 2. The molecule has 1 aliphatic heterocycles. The predicted octanol–water partition coefficient (Wildman–Crippen LogP) is 4.96. The number of allylic oxidation sites excluding steroid dienone is 2. The molecule has 6 nitrogen and oxygen atoms in total. The average molecular weight is 509 g/mol. The van der Waals surface area contributed by atoms with Gasteiger partial charge in [0.1, 0.15) is 6.61 Å². The molecule has 0 aromatic heterocycles. The van der Waals surface area contributed by atoms with Crippen LogP contribution < -0.4 is 9.47 Å². The van der Waals surface area contributed by atoms with Crippen molar-refractivity contribution in [2.75, 3.05) is 6.61 Å². The Morgan fingerprint density at radius 1 is 0.970 bits per heavy atom. The lowest BCUT2D eigenvalue weighted by Gasteiger charge is -2.37. The van der Waals surface area contributed by atoms with E-state index in [4.69, 9.17) is 9.47 Å². The third-order valence-electron chi connectivity index (χ3n) is 6.63. The van der Waals surface area contributed by atoms with E-state index in [0.29, 0.717) is 24.7 Å². The molecule has 0 radical (unpaired) electrons. The lowest BCUT2D eigenvalue weighted by molar-refractivity contribution is -0.140. The number of hydrogen-bond acceptors (Lipinski definition) is 5. The first-order valence-corrected chi connectivity index (χ1v) is 12.1. The lowest BCUT2D eigenvalue weighted by atomic mass is 9.63. The van der Waals surface area contributed by atoms with Gasteiger partial charge < -0.3 is 9.47 Å². The number of nitrogens with zero attached hydrogens (tertiary/aromatic N) is 2. The molecule has 4 atom stereocenters. The van der Waals surface area contributed by atoms with Gasteiger partial charge in [0.05, 0.1) is 24.7 Å². The molecule has 3 aliphatic carbocycles. The van der Waals surface area contributed by atoms with Crippen molar-refractivity contribution in [1.29, 1.82) is 0 Å². The second kappa shape index (κ2) is 9.14. The van der Waals surface area contributed by atoms with E-state index in [9.17, 15) is 9.59 Å². The van der Waals surface area contributed by atoms with E-state index in [1.54, 1.807) is 6.21 Å². The Morgan fingerprint density at radius 2 is 1.64 bits per heavy atom. The first-order valence-electron chi connectivity index (χ1n) is 11.3. The van der Waals surface area contributed by atoms with E-state index in [1.165, 1.54) is 0 Å². The number of carbonyl (C=O) groups is 2. The molecule has 2 aromatic carbocycles. The minimum absolute atomic E-state index is 0.156. The number of hydrogen-bond donors (Lipinski definition) is 0. The van der Waals surface area contributed by atoms with E-state index in [0.717, 1.165) is 33.5 Å². The summed E-state index contributed by atoms with van der Waals surface area (Å²) >= 11 is 3.43. The number of hydrazone groups is 1. The van der Waals surface area contributed by atoms with Gasteiger partial charge in [-0.1, -0.05) is 40.2 Å². The van der Waals surface area contributed by atoms with Crippen molar-refractivity contribution in [3.63, 3.8) is 0 Å². The SMILES string of the molecule is CCOc1cc(/C=N\N2C(=O)[C@H]3[C@H](C2=O)[C@H]2C=C[C@H]3CC2)ccc1OCc1ccc(Br)cc1. The van der Waals surface area contributed by atoms with Gasteiger partial charge in [-0.2, -0.15) is 10.1 Å². The zero-order valence-electron chi connectivity index (χ0n) is 18.3. The van der Waals surface area contributed by atoms with E-state index in [1.807, 2.05) is 49.4 Å². The van der Waals surface area contributed by atoms with Crippen LogP contribution in [0.1, 0.15) is 30.9 Å². The number of benzene rings is 2. The van der Waals surface area contributed by atoms with Crippen molar-refractivity contribution in [1.82, 2.24) is 5.01 Å². The third kappa shape index (κ3) is 4.22. The number of ether oxygens (including phenoxy) is 2. The van der Waals surface area contributed by atoms with Crippen LogP contribution in [-0.4, -0.2) is 29.6 Å². The molecule has 6 rings (SSSR count). The molecule has 0 unspecified atom stereocenters. The third-order valence-corrected chi connectivity index (χ3v) is 7.16. The topological polar surface area (TPSA) is 68.2 Å². The van der Waals surface area contributed by atoms with Crippen LogP contribution in [0.3, 0.4) is 0 Å². The van der Waals surface area contributed by atoms with Crippen LogP contribution in [0.25, 0.3) is 0 Å². The molecule has 2 amide bonds. The molecule has 1 saturated carbocycles. The number of rotatable bonds is 7. The summed E-state index contributed by atoms with van der Waals surface area (Å²) < 4.78 is 12.7. The van der Waals surface area contributed by atoms with Gasteiger partial charge >= 0.3 is 0 Å². The summed E-state index contributed by atoms with van der Waals surface area (Å²) in [4.78, 5) is 25.9. The number of imide groups is 1. The van der Waals surface area contributed by atoms with Gasteiger partial charge in [0.2, 0.25) is 0 Å². The second-order valence-corrected chi connectivity index (χ2v) is 9.54. The van der Waals surface area contributed by atoms with Crippen molar-refractivity contribution < 1.29 is 19.1 Å². The van der Waals surface area contributed by atoms with Gasteiger partial charge in [-0.05, 0) is 73.1 Å². The van der Waals surface area contributed by atoms with E-state index in [-0.39, 0.29) is 35.5 Å². The minimum Gasteiger partial charge on any atom is -0.490 e. The molecule has 0 N–H and O–H groups in total. The first kappa shape index (κ1) is 21.9. The monoisotopic (exact) mass is 508 g/mol. The Labute approximate surface area is 201 Å². The summed E-state index contributed by atoms with van der Waals surface area (Å²) in [5.74, 6) is 0.650. The van der Waals surface area contributed by atoms with Crippen LogP contribution in [0.2, 0.25) is 0 Å². The van der Waals surface area contributed by atoms with Gasteiger partial charge in [0.15, 0.2) is 11.5 Å². The molecular formula is C26H25BrN2O4. The molecule has 0 spiro atoms. The molecule has 170 valence electrons. The summed E-state index contributed by atoms with van der Waals surface area (Å²) in [6.07, 6.45) is 7.70. The maximum atomic E-state index is 12.9. The smallest absolute Gasteiger partial charge is 0.254 e. The average Bonchev–Trinajstić information content (AvgIpc) is 3.11. The van der Waals surface area contributed by atoms with Crippen molar-refractivity contribution >= 4 is 34.0 Å². The highest BCUT2D eigenvalue weighted by Crippen LogP contribution is 2.49. The highest BCUT2D eigenvalue weighted by molar-refractivity contribution is 9.10. The normalized spacial score (nSPS) is 25.7. The fourth-order valence-electron chi connectivity index (χ4n) is 5.03. The van der Waals surface area contributed by atoms with Crippen LogP contribution in [0.5, 0.6) is 11.5 Å².